The Morgan fingerprint density at radius 3 is 2.90 bits per heavy atom. The molecule has 1 saturated heterocycles. The highest BCUT2D eigenvalue weighted by Gasteiger charge is 2.16. The summed E-state index contributed by atoms with van der Waals surface area (Å²) in [5.41, 5.74) is 0. The van der Waals surface area contributed by atoms with E-state index in [1.165, 1.54) is 19.5 Å². The summed E-state index contributed by atoms with van der Waals surface area (Å²) < 4.78 is 0. The van der Waals surface area contributed by atoms with Crippen molar-refractivity contribution in [3.05, 3.63) is 0 Å². The summed E-state index contributed by atoms with van der Waals surface area (Å²) in [5, 5.41) is 8.57. The van der Waals surface area contributed by atoms with Crippen LogP contribution in [-0.2, 0) is 0 Å². The average Bonchev–Trinajstić information content (AvgIpc) is 2.31. The fourth-order valence-electron chi connectivity index (χ4n) is 1.52. The van der Waals surface area contributed by atoms with E-state index in [0.717, 1.165) is 18.9 Å². The smallest absolute Gasteiger partial charge is 0.0443 e. The minimum Gasteiger partial charge on any atom is -0.396 e. The Morgan fingerprint density at radius 2 is 2.40 bits per heavy atom. The van der Waals surface area contributed by atoms with Gasteiger partial charge >= 0.3 is 0 Å². The first-order valence-corrected chi connectivity index (χ1v) is 4.16. The van der Waals surface area contributed by atoms with Gasteiger partial charge in [-0.2, -0.15) is 0 Å². The molecule has 1 rings (SSSR count). The van der Waals surface area contributed by atoms with Gasteiger partial charge in [-0.15, -0.1) is 0 Å². The first-order valence-electron chi connectivity index (χ1n) is 4.16. The van der Waals surface area contributed by atoms with Crippen LogP contribution < -0.4 is 0 Å². The van der Waals surface area contributed by atoms with Crippen molar-refractivity contribution in [1.82, 2.24) is 4.90 Å². The standard InChI is InChI=1S/C8H17NO/c1-8-3-5-9(7-8)4-2-6-10/h8,10H,2-7H2,1H3/t8-/m1/s1. The highest BCUT2D eigenvalue weighted by atomic mass is 16.3. The molecule has 1 heterocycles. The van der Waals surface area contributed by atoms with Gasteiger partial charge in [0, 0.05) is 19.7 Å². The Balaban J connectivity index is 2.06. The van der Waals surface area contributed by atoms with E-state index in [0.29, 0.717) is 6.61 Å². The summed E-state index contributed by atoms with van der Waals surface area (Å²) in [5.74, 6) is 0.874. The fraction of sp³-hybridized carbons (Fsp3) is 1.00. The van der Waals surface area contributed by atoms with Gasteiger partial charge in [-0.1, -0.05) is 6.92 Å². The Kier molecular flexibility index (Phi) is 3.16. The molecule has 1 atom stereocenters. The molecule has 0 unspecified atom stereocenters. The first-order chi connectivity index (χ1) is 4.83. The summed E-state index contributed by atoms with van der Waals surface area (Å²) in [6.45, 7) is 6.19. The second kappa shape index (κ2) is 3.94. The Labute approximate surface area is 62.8 Å². The summed E-state index contributed by atoms with van der Waals surface area (Å²) in [7, 11) is 0. The van der Waals surface area contributed by atoms with Crippen molar-refractivity contribution in [2.24, 2.45) is 5.92 Å². The molecule has 0 aromatic rings. The van der Waals surface area contributed by atoms with Gasteiger partial charge in [0.15, 0.2) is 0 Å². The van der Waals surface area contributed by atoms with Crippen molar-refractivity contribution < 1.29 is 5.11 Å². The number of aliphatic hydroxyl groups excluding tert-OH is 1. The van der Waals surface area contributed by atoms with Gasteiger partial charge in [0.1, 0.15) is 0 Å². The molecule has 1 N–H and O–H groups in total. The lowest BCUT2D eigenvalue weighted by atomic mass is 10.2. The molecule has 0 aromatic heterocycles. The number of hydrogen-bond acceptors (Lipinski definition) is 2. The highest BCUT2D eigenvalue weighted by molar-refractivity contribution is 4.71. The molecule has 0 spiro atoms. The molecule has 0 radical (unpaired) electrons. The predicted molar refractivity (Wildman–Crippen MR) is 41.9 cm³/mol. The third-order valence-electron chi connectivity index (χ3n) is 2.14. The molecule has 0 aromatic carbocycles. The second-order valence-electron chi connectivity index (χ2n) is 3.27. The van der Waals surface area contributed by atoms with Crippen LogP contribution in [0, 0.1) is 5.92 Å². The van der Waals surface area contributed by atoms with Gasteiger partial charge in [-0.25, -0.2) is 0 Å². The molecule has 2 heteroatoms. The molecule has 1 aliphatic rings. The van der Waals surface area contributed by atoms with Crippen LogP contribution in [0.3, 0.4) is 0 Å². The maximum absolute atomic E-state index is 8.57. The van der Waals surface area contributed by atoms with Crippen molar-refractivity contribution in [3.8, 4) is 0 Å². The summed E-state index contributed by atoms with van der Waals surface area (Å²) in [6, 6.07) is 0. The lowest BCUT2D eigenvalue weighted by Crippen LogP contribution is -2.22. The van der Waals surface area contributed by atoms with Crippen molar-refractivity contribution in [1.29, 1.82) is 0 Å². The highest BCUT2D eigenvalue weighted by Crippen LogP contribution is 2.14. The van der Waals surface area contributed by atoms with Crippen molar-refractivity contribution in [2.75, 3.05) is 26.2 Å². The SMILES string of the molecule is C[C@@H]1CCN(CCCO)C1. The van der Waals surface area contributed by atoms with Crippen LogP contribution >= 0.6 is 0 Å². The van der Waals surface area contributed by atoms with E-state index in [1.54, 1.807) is 0 Å². The van der Waals surface area contributed by atoms with Gasteiger partial charge in [0.2, 0.25) is 0 Å². The largest absolute Gasteiger partial charge is 0.396 e. The van der Waals surface area contributed by atoms with Crippen LogP contribution in [-0.4, -0.2) is 36.2 Å². The van der Waals surface area contributed by atoms with E-state index in [4.69, 9.17) is 5.11 Å². The van der Waals surface area contributed by atoms with Gasteiger partial charge in [-0.3, -0.25) is 0 Å². The maximum Gasteiger partial charge on any atom is 0.0443 e. The van der Waals surface area contributed by atoms with E-state index < -0.39 is 0 Å². The molecule has 2 nitrogen and oxygen atoms in total. The Hall–Kier alpha value is -0.0800. The molecule has 0 amide bonds. The third kappa shape index (κ3) is 2.27. The molecule has 1 fully saturated rings. The summed E-state index contributed by atoms with van der Waals surface area (Å²) in [4.78, 5) is 2.43. The zero-order valence-corrected chi connectivity index (χ0v) is 6.71. The number of nitrogens with zero attached hydrogens (tertiary/aromatic N) is 1. The van der Waals surface area contributed by atoms with Crippen molar-refractivity contribution in [3.63, 3.8) is 0 Å². The molecule has 60 valence electrons. The van der Waals surface area contributed by atoms with E-state index in [1.807, 2.05) is 0 Å². The van der Waals surface area contributed by atoms with Gasteiger partial charge in [-0.05, 0) is 25.3 Å². The number of aliphatic hydroxyl groups is 1. The normalized spacial score (nSPS) is 27.6. The Bertz CT molecular complexity index is 95.3. The van der Waals surface area contributed by atoms with Crippen molar-refractivity contribution in [2.45, 2.75) is 19.8 Å². The van der Waals surface area contributed by atoms with Crippen LogP contribution in [0.4, 0.5) is 0 Å². The quantitative estimate of drug-likeness (QED) is 0.629. The number of rotatable bonds is 3. The Morgan fingerprint density at radius 1 is 1.60 bits per heavy atom. The number of likely N-dealkylation sites (tertiary alicyclic amines) is 1. The first kappa shape index (κ1) is 8.02. The molecular weight excluding hydrogens is 126 g/mol. The van der Waals surface area contributed by atoms with Crippen LogP contribution in [0.15, 0.2) is 0 Å². The van der Waals surface area contributed by atoms with E-state index in [2.05, 4.69) is 11.8 Å². The fourth-order valence-corrected chi connectivity index (χ4v) is 1.52. The summed E-state index contributed by atoms with van der Waals surface area (Å²) in [6.07, 6.45) is 2.28. The number of hydrogen-bond donors (Lipinski definition) is 1. The van der Waals surface area contributed by atoms with Crippen LogP contribution in [0.25, 0.3) is 0 Å². The zero-order chi connectivity index (χ0) is 7.40. The minimum atomic E-state index is 0.338. The maximum atomic E-state index is 8.57. The van der Waals surface area contributed by atoms with Gasteiger partial charge in [0.05, 0.1) is 0 Å². The van der Waals surface area contributed by atoms with E-state index >= 15 is 0 Å². The lowest BCUT2D eigenvalue weighted by Gasteiger charge is -2.13. The minimum absolute atomic E-state index is 0.338. The predicted octanol–water partition coefficient (Wildman–Crippen LogP) is 0.711. The average molecular weight is 143 g/mol. The lowest BCUT2D eigenvalue weighted by molar-refractivity contribution is 0.245. The van der Waals surface area contributed by atoms with E-state index in [-0.39, 0.29) is 0 Å². The van der Waals surface area contributed by atoms with Crippen LogP contribution in [0.1, 0.15) is 19.8 Å². The second-order valence-corrected chi connectivity index (χ2v) is 3.27. The molecule has 10 heavy (non-hydrogen) atoms. The molecule has 0 aliphatic carbocycles. The third-order valence-corrected chi connectivity index (χ3v) is 2.14. The van der Waals surface area contributed by atoms with Gasteiger partial charge < -0.3 is 10.0 Å². The molecule has 1 aliphatic heterocycles. The summed E-state index contributed by atoms with van der Waals surface area (Å²) >= 11 is 0. The van der Waals surface area contributed by atoms with Crippen LogP contribution in [0.2, 0.25) is 0 Å². The monoisotopic (exact) mass is 143 g/mol. The molecule has 0 saturated carbocycles. The van der Waals surface area contributed by atoms with Gasteiger partial charge in [0.25, 0.3) is 0 Å². The topological polar surface area (TPSA) is 23.5 Å². The van der Waals surface area contributed by atoms with Crippen molar-refractivity contribution >= 4 is 0 Å². The molecular formula is C8H17NO. The van der Waals surface area contributed by atoms with E-state index in [9.17, 15) is 0 Å². The zero-order valence-electron chi connectivity index (χ0n) is 6.71. The van der Waals surface area contributed by atoms with Crippen LogP contribution in [0.5, 0.6) is 0 Å². The molecule has 0 bridgehead atoms.